The van der Waals surface area contributed by atoms with E-state index < -0.39 is 10.0 Å². The van der Waals surface area contributed by atoms with Crippen LogP contribution < -0.4 is 9.62 Å². The highest BCUT2D eigenvalue weighted by molar-refractivity contribution is 9.10. The van der Waals surface area contributed by atoms with Crippen molar-refractivity contribution in [1.82, 2.24) is 0 Å². The second-order valence-corrected chi connectivity index (χ2v) is 8.97. The fourth-order valence-electron chi connectivity index (χ4n) is 3.09. The largest absolute Gasteiger partial charge is 0.308 e. The molecular formula is C17H16BrClN2O3S. The SMILES string of the molecule is CC(=O)N1c2c(cc(Br)cc2S(=O)(=O)Nc2ccc(Cl)cc2)C[C@H]1C. The van der Waals surface area contributed by atoms with Crippen molar-refractivity contribution in [3.8, 4) is 0 Å². The highest BCUT2D eigenvalue weighted by Gasteiger charge is 2.35. The topological polar surface area (TPSA) is 66.5 Å². The molecular weight excluding hydrogens is 428 g/mol. The molecule has 2 aromatic carbocycles. The molecule has 0 spiro atoms. The first kappa shape index (κ1) is 18.2. The summed E-state index contributed by atoms with van der Waals surface area (Å²) in [5.74, 6) is -0.184. The van der Waals surface area contributed by atoms with E-state index in [4.69, 9.17) is 11.6 Å². The normalized spacial score (nSPS) is 16.6. The summed E-state index contributed by atoms with van der Waals surface area (Å²) < 4.78 is 29.1. The average molecular weight is 444 g/mol. The predicted octanol–water partition coefficient (Wildman–Crippen LogP) is 4.20. The number of anilines is 2. The van der Waals surface area contributed by atoms with E-state index in [1.807, 2.05) is 13.0 Å². The molecule has 0 fully saturated rings. The summed E-state index contributed by atoms with van der Waals surface area (Å²) in [5, 5.41) is 0.517. The molecule has 1 aliphatic rings. The molecule has 0 aliphatic carbocycles. The second kappa shape index (κ2) is 6.63. The van der Waals surface area contributed by atoms with Crippen molar-refractivity contribution in [2.45, 2.75) is 31.2 Å². The van der Waals surface area contributed by atoms with Crippen LogP contribution in [0.5, 0.6) is 0 Å². The molecule has 0 bridgehead atoms. The Morgan fingerprint density at radius 1 is 1.28 bits per heavy atom. The molecule has 1 aliphatic heterocycles. The number of hydrogen-bond donors (Lipinski definition) is 1. The molecule has 25 heavy (non-hydrogen) atoms. The summed E-state index contributed by atoms with van der Waals surface area (Å²) in [6.07, 6.45) is 0.609. The summed E-state index contributed by atoms with van der Waals surface area (Å²) in [7, 11) is -3.88. The Hall–Kier alpha value is -1.57. The van der Waals surface area contributed by atoms with E-state index in [1.165, 1.54) is 17.9 Å². The van der Waals surface area contributed by atoms with E-state index in [9.17, 15) is 13.2 Å². The van der Waals surface area contributed by atoms with Gasteiger partial charge in [-0.1, -0.05) is 27.5 Å². The van der Waals surface area contributed by atoms with Crippen molar-refractivity contribution in [3.05, 3.63) is 51.5 Å². The molecule has 5 nitrogen and oxygen atoms in total. The van der Waals surface area contributed by atoms with Gasteiger partial charge < -0.3 is 4.90 Å². The highest BCUT2D eigenvalue weighted by atomic mass is 79.9. The van der Waals surface area contributed by atoms with Crippen molar-refractivity contribution in [2.24, 2.45) is 0 Å². The zero-order valence-electron chi connectivity index (χ0n) is 13.6. The lowest BCUT2D eigenvalue weighted by atomic mass is 10.1. The van der Waals surface area contributed by atoms with Crippen molar-refractivity contribution in [3.63, 3.8) is 0 Å². The molecule has 1 atom stereocenters. The minimum atomic E-state index is -3.88. The molecule has 0 saturated carbocycles. The van der Waals surface area contributed by atoms with Gasteiger partial charge >= 0.3 is 0 Å². The molecule has 0 unspecified atom stereocenters. The minimum absolute atomic E-state index is 0.0753. The molecule has 1 amide bonds. The first-order valence-corrected chi connectivity index (χ1v) is 10.2. The van der Waals surface area contributed by atoms with Crippen LogP contribution in [-0.4, -0.2) is 20.4 Å². The number of amides is 1. The fraction of sp³-hybridized carbons (Fsp3) is 0.235. The van der Waals surface area contributed by atoms with Gasteiger partial charge in [-0.2, -0.15) is 0 Å². The van der Waals surface area contributed by atoms with Gasteiger partial charge in [0.2, 0.25) is 5.91 Å². The molecule has 1 N–H and O–H groups in total. The van der Waals surface area contributed by atoms with E-state index in [2.05, 4.69) is 20.7 Å². The maximum atomic E-state index is 13.0. The van der Waals surface area contributed by atoms with Gasteiger partial charge in [0.25, 0.3) is 10.0 Å². The second-order valence-electron chi connectivity index (χ2n) is 5.97. The number of rotatable bonds is 3. The number of sulfonamides is 1. The maximum Gasteiger partial charge on any atom is 0.264 e. The van der Waals surface area contributed by atoms with Gasteiger partial charge in [-0.15, -0.1) is 0 Å². The first-order chi connectivity index (χ1) is 11.7. The van der Waals surface area contributed by atoms with Gasteiger partial charge in [0.1, 0.15) is 4.90 Å². The number of nitrogens with one attached hydrogen (secondary N) is 1. The first-order valence-electron chi connectivity index (χ1n) is 7.59. The standard InChI is InChI=1S/C17H16BrClN2O3S/c1-10-7-12-8-13(18)9-16(17(12)21(10)11(2)22)25(23,24)20-15-5-3-14(19)4-6-15/h3-6,8-10,20H,7H2,1-2H3/t10-/m1/s1. The lowest BCUT2D eigenvalue weighted by Crippen LogP contribution is -2.34. The fourth-order valence-corrected chi connectivity index (χ4v) is 5.19. The summed E-state index contributed by atoms with van der Waals surface area (Å²) in [6, 6.07) is 9.67. The zero-order valence-corrected chi connectivity index (χ0v) is 16.7. The third-order valence-corrected chi connectivity index (χ3v) is 6.15. The minimum Gasteiger partial charge on any atom is -0.308 e. The number of fused-ring (bicyclic) bond motifs is 1. The summed E-state index contributed by atoms with van der Waals surface area (Å²) in [4.78, 5) is 13.7. The van der Waals surface area contributed by atoms with E-state index in [0.717, 1.165) is 5.56 Å². The Bertz CT molecular complexity index is 945. The Kier molecular flexibility index (Phi) is 4.83. The Morgan fingerprint density at radius 3 is 2.52 bits per heavy atom. The molecule has 132 valence electrons. The molecule has 1 heterocycles. The Balaban J connectivity index is 2.11. The summed E-state index contributed by atoms with van der Waals surface area (Å²) in [6.45, 7) is 3.34. The molecule has 0 saturated heterocycles. The van der Waals surface area contributed by atoms with E-state index in [-0.39, 0.29) is 16.8 Å². The number of hydrogen-bond acceptors (Lipinski definition) is 3. The van der Waals surface area contributed by atoms with Gasteiger partial charge in [-0.05, 0) is 55.3 Å². The van der Waals surface area contributed by atoms with Crippen LogP contribution in [0.3, 0.4) is 0 Å². The lowest BCUT2D eigenvalue weighted by molar-refractivity contribution is -0.116. The maximum absolute atomic E-state index is 13.0. The van der Waals surface area contributed by atoms with Crippen LogP contribution in [0.4, 0.5) is 11.4 Å². The average Bonchev–Trinajstić information content (AvgIpc) is 2.84. The number of halogens is 2. The van der Waals surface area contributed by atoms with Gasteiger partial charge in [0.05, 0.1) is 5.69 Å². The number of nitrogens with zero attached hydrogens (tertiary/aromatic N) is 1. The molecule has 2 aromatic rings. The van der Waals surface area contributed by atoms with Crippen LogP contribution >= 0.6 is 27.5 Å². The highest BCUT2D eigenvalue weighted by Crippen LogP contribution is 2.40. The zero-order chi connectivity index (χ0) is 18.4. The van der Waals surface area contributed by atoms with Crippen LogP contribution in [0.1, 0.15) is 19.4 Å². The van der Waals surface area contributed by atoms with Gasteiger partial charge in [0.15, 0.2) is 0 Å². The quantitative estimate of drug-likeness (QED) is 0.773. The molecule has 0 radical (unpaired) electrons. The molecule has 8 heteroatoms. The van der Waals surface area contributed by atoms with Crippen LogP contribution in [0, 0.1) is 0 Å². The lowest BCUT2D eigenvalue weighted by Gasteiger charge is -2.23. The van der Waals surface area contributed by atoms with Crippen LogP contribution in [0.25, 0.3) is 0 Å². The molecule has 0 aromatic heterocycles. The van der Waals surface area contributed by atoms with Gasteiger partial charge in [0, 0.05) is 28.1 Å². The van der Waals surface area contributed by atoms with Crippen molar-refractivity contribution >= 4 is 54.8 Å². The third-order valence-electron chi connectivity index (χ3n) is 4.04. The van der Waals surface area contributed by atoms with E-state index >= 15 is 0 Å². The van der Waals surface area contributed by atoms with Crippen molar-refractivity contribution in [1.29, 1.82) is 0 Å². The van der Waals surface area contributed by atoms with Crippen molar-refractivity contribution in [2.75, 3.05) is 9.62 Å². The molecule has 3 rings (SSSR count). The monoisotopic (exact) mass is 442 g/mol. The van der Waals surface area contributed by atoms with Crippen LogP contribution in [0.15, 0.2) is 45.8 Å². The Morgan fingerprint density at radius 2 is 1.92 bits per heavy atom. The smallest absolute Gasteiger partial charge is 0.264 e. The number of carbonyl (C=O) groups is 1. The van der Waals surface area contributed by atoms with E-state index in [0.29, 0.717) is 27.3 Å². The van der Waals surface area contributed by atoms with Crippen LogP contribution in [0.2, 0.25) is 5.02 Å². The number of carbonyl (C=O) groups excluding carboxylic acids is 1. The number of benzene rings is 2. The Labute approximate surface area is 160 Å². The van der Waals surface area contributed by atoms with Gasteiger partial charge in [-0.3, -0.25) is 9.52 Å². The summed E-state index contributed by atoms with van der Waals surface area (Å²) in [5.41, 5.74) is 1.68. The van der Waals surface area contributed by atoms with Gasteiger partial charge in [-0.25, -0.2) is 8.42 Å². The third kappa shape index (κ3) is 3.54. The predicted molar refractivity (Wildman–Crippen MR) is 103 cm³/mol. The van der Waals surface area contributed by atoms with Crippen molar-refractivity contribution < 1.29 is 13.2 Å². The van der Waals surface area contributed by atoms with Crippen LogP contribution in [-0.2, 0) is 21.2 Å². The van der Waals surface area contributed by atoms with E-state index in [1.54, 1.807) is 24.3 Å². The summed E-state index contributed by atoms with van der Waals surface area (Å²) >= 11 is 9.21.